The summed E-state index contributed by atoms with van der Waals surface area (Å²) in [6, 6.07) is 0. The zero-order valence-electron chi connectivity index (χ0n) is 6.53. The van der Waals surface area contributed by atoms with E-state index in [0.717, 1.165) is 6.29 Å². The van der Waals surface area contributed by atoms with Crippen molar-refractivity contribution in [3.63, 3.8) is 0 Å². The molecular formula is C7H12N2O. The van der Waals surface area contributed by atoms with Gasteiger partial charge in [0.05, 0.1) is 0 Å². The van der Waals surface area contributed by atoms with E-state index in [9.17, 15) is 4.79 Å². The standard InChI is InChI=1S/C7H12N2O/c1-7(6-10)4-5-8-9(2)3/h4-6H,1-3H3/b7-4+,8-5+. The summed E-state index contributed by atoms with van der Waals surface area (Å²) >= 11 is 0. The van der Waals surface area contributed by atoms with E-state index in [0.29, 0.717) is 5.57 Å². The number of hydrogen-bond acceptors (Lipinski definition) is 3. The van der Waals surface area contributed by atoms with E-state index in [1.807, 2.05) is 14.1 Å². The third-order valence-corrected chi connectivity index (χ3v) is 0.821. The van der Waals surface area contributed by atoms with Crippen molar-refractivity contribution >= 4 is 12.5 Å². The lowest BCUT2D eigenvalue weighted by Crippen LogP contribution is -2.00. The van der Waals surface area contributed by atoms with Crippen molar-refractivity contribution in [3.8, 4) is 0 Å². The molecule has 0 heterocycles. The molecule has 0 amide bonds. The summed E-state index contributed by atoms with van der Waals surface area (Å²) in [7, 11) is 3.64. The van der Waals surface area contributed by atoms with Crippen molar-refractivity contribution in [1.82, 2.24) is 5.01 Å². The van der Waals surface area contributed by atoms with Gasteiger partial charge < -0.3 is 5.01 Å². The Morgan fingerprint density at radius 1 is 1.50 bits per heavy atom. The molecule has 0 saturated heterocycles. The summed E-state index contributed by atoms with van der Waals surface area (Å²) in [6.07, 6.45) is 4.04. The van der Waals surface area contributed by atoms with E-state index < -0.39 is 0 Å². The Hall–Kier alpha value is -1.12. The third-order valence-electron chi connectivity index (χ3n) is 0.821. The van der Waals surface area contributed by atoms with Gasteiger partial charge in [0.15, 0.2) is 0 Å². The Kier molecular flexibility index (Phi) is 4.20. The van der Waals surface area contributed by atoms with Gasteiger partial charge in [-0.3, -0.25) is 4.79 Å². The van der Waals surface area contributed by atoms with Crippen LogP contribution in [0.4, 0.5) is 0 Å². The molecule has 0 atom stereocenters. The van der Waals surface area contributed by atoms with Crippen LogP contribution in [0.2, 0.25) is 0 Å². The molecule has 0 rings (SSSR count). The maximum absolute atomic E-state index is 10.0. The predicted octanol–water partition coefficient (Wildman–Crippen LogP) is 0.679. The molecule has 0 spiro atoms. The van der Waals surface area contributed by atoms with Crippen LogP contribution in [0.5, 0.6) is 0 Å². The van der Waals surface area contributed by atoms with Gasteiger partial charge in [0.25, 0.3) is 0 Å². The number of rotatable bonds is 3. The average molecular weight is 140 g/mol. The van der Waals surface area contributed by atoms with Gasteiger partial charge in [-0.05, 0) is 18.6 Å². The number of nitrogens with zero attached hydrogens (tertiary/aromatic N) is 2. The first-order valence-corrected chi connectivity index (χ1v) is 3.00. The maximum Gasteiger partial charge on any atom is 0.145 e. The lowest BCUT2D eigenvalue weighted by Gasteiger charge is -1.99. The Morgan fingerprint density at radius 3 is 2.50 bits per heavy atom. The molecule has 0 aromatic carbocycles. The maximum atomic E-state index is 10.0. The zero-order chi connectivity index (χ0) is 7.98. The Balaban J connectivity index is 3.81. The molecule has 56 valence electrons. The number of carbonyl (C=O) groups is 1. The first-order chi connectivity index (χ1) is 4.66. The van der Waals surface area contributed by atoms with Crippen LogP contribution < -0.4 is 0 Å². The molecule has 0 N–H and O–H groups in total. The van der Waals surface area contributed by atoms with E-state index in [1.165, 1.54) is 0 Å². The van der Waals surface area contributed by atoms with Gasteiger partial charge in [-0.2, -0.15) is 5.10 Å². The van der Waals surface area contributed by atoms with E-state index in [1.54, 1.807) is 24.2 Å². The van der Waals surface area contributed by atoms with E-state index in [4.69, 9.17) is 0 Å². The van der Waals surface area contributed by atoms with Crippen molar-refractivity contribution in [2.45, 2.75) is 6.92 Å². The normalized spacial score (nSPS) is 12.1. The average Bonchev–Trinajstić information content (AvgIpc) is 1.87. The number of carbonyl (C=O) groups excluding carboxylic acids is 1. The van der Waals surface area contributed by atoms with E-state index in [-0.39, 0.29) is 0 Å². The minimum Gasteiger partial charge on any atom is -0.303 e. The number of hydrogen-bond donors (Lipinski definition) is 0. The predicted molar refractivity (Wildman–Crippen MR) is 42.0 cm³/mol. The second kappa shape index (κ2) is 4.73. The largest absolute Gasteiger partial charge is 0.303 e. The Bertz CT molecular complexity index is 159. The molecule has 0 fully saturated rings. The molecule has 3 nitrogen and oxygen atoms in total. The number of aldehydes is 1. The fraction of sp³-hybridized carbons (Fsp3) is 0.429. The molecule has 0 radical (unpaired) electrons. The molecule has 0 aliphatic heterocycles. The van der Waals surface area contributed by atoms with Gasteiger partial charge >= 0.3 is 0 Å². The molecule has 0 saturated carbocycles. The third kappa shape index (κ3) is 5.03. The van der Waals surface area contributed by atoms with Gasteiger partial charge in [0.1, 0.15) is 6.29 Å². The zero-order valence-corrected chi connectivity index (χ0v) is 6.53. The first kappa shape index (κ1) is 8.88. The van der Waals surface area contributed by atoms with Crippen LogP contribution in [0, 0.1) is 0 Å². The van der Waals surface area contributed by atoms with Crippen LogP contribution in [-0.2, 0) is 4.79 Å². The fourth-order valence-corrected chi connectivity index (χ4v) is 0.324. The summed E-state index contributed by atoms with van der Waals surface area (Å²) < 4.78 is 0. The van der Waals surface area contributed by atoms with Crippen molar-refractivity contribution in [2.75, 3.05) is 14.1 Å². The van der Waals surface area contributed by atoms with Crippen molar-refractivity contribution < 1.29 is 4.79 Å². The highest BCUT2D eigenvalue weighted by Crippen LogP contribution is 1.82. The van der Waals surface area contributed by atoms with Crippen LogP contribution in [-0.4, -0.2) is 31.6 Å². The van der Waals surface area contributed by atoms with Crippen LogP contribution >= 0.6 is 0 Å². The molecule has 0 aromatic rings. The Morgan fingerprint density at radius 2 is 2.10 bits per heavy atom. The SMILES string of the molecule is C/C(C=O)=C\C=N\N(C)C. The lowest BCUT2D eigenvalue weighted by atomic mass is 10.3. The van der Waals surface area contributed by atoms with Crippen LogP contribution in [0.1, 0.15) is 6.92 Å². The monoisotopic (exact) mass is 140 g/mol. The topological polar surface area (TPSA) is 32.7 Å². The highest BCUT2D eigenvalue weighted by molar-refractivity contribution is 5.83. The highest BCUT2D eigenvalue weighted by Gasteiger charge is 1.78. The number of allylic oxidation sites excluding steroid dienone is 2. The molecule has 0 aromatic heterocycles. The molecule has 10 heavy (non-hydrogen) atoms. The summed E-state index contributed by atoms with van der Waals surface area (Å²) in [4.78, 5) is 10.0. The van der Waals surface area contributed by atoms with E-state index in [2.05, 4.69) is 5.10 Å². The summed E-state index contributed by atoms with van der Waals surface area (Å²) in [5, 5.41) is 5.55. The first-order valence-electron chi connectivity index (χ1n) is 3.00. The second-order valence-corrected chi connectivity index (χ2v) is 2.14. The Labute approximate surface area is 61.0 Å². The molecular weight excluding hydrogens is 128 g/mol. The van der Waals surface area contributed by atoms with Crippen molar-refractivity contribution in [2.24, 2.45) is 5.10 Å². The van der Waals surface area contributed by atoms with Gasteiger partial charge in [-0.15, -0.1) is 0 Å². The minimum atomic E-state index is 0.672. The molecule has 0 unspecified atom stereocenters. The smallest absolute Gasteiger partial charge is 0.145 e. The van der Waals surface area contributed by atoms with Gasteiger partial charge in [0.2, 0.25) is 0 Å². The highest BCUT2D eigenvalue weighted by atomic mass is 16.1. The summed E-state index contributed by atoms with van der Waals surface area (Å²) in [6.45, 7) is 1.73. The van der Waals surface area contributed by atoms with E-state index >= 15 is 0 Å². The van der Waals surface area contributed by atoms with Crippen LogP contribution in [0.15, 0.2) is 16.8 Å². The summed E-state index contributed by atoms with van der Waals surface area (Å²) in [5.74, 6) is 0. The van der Waals surface area contributed by atoms with Crippen LogP contribution in [0.25, 0.3) is 0 Å². The summed E-state index contributed by atoms with van der Waals surface area (Å²) in [5.41, 5.74) is 0.672. The van der Waals surface area contributed by atoms with Crippen molar-refractivity contribution in [3.05, 3.63) is 11.6 Å². The number of hydrazone groups is 1. The fourth-order valence-electron chi connectivity index (χ4n) is 0.324. The van der Waals surface area contributed by atoms with Gasteiger partial charge in [-0.1, -0.05) is 0 Å². The van der Waals surface area contributed by atoms with Crippen molar-refractivity contribution in [1.29, 1.82) is 0 Å². The minimum absolute atomic E-state index is 0.672. The molecule has 0 aliphatic rings. The molecule has 0 bridgehead atoms. The van der Waals surface area contributed by atoms with Gasteiger partial charge in [0, 0.05) is 20.3 Å². The quantitative estimate of drug-likeness (QED) is 0.250. The molecule has 3 heteroatoms. The molecule has 0 aliphatic carbocycles. The van der Waals surface area contributed by atoms with Crippen LogP contribution in [0.3, 0.4) is 0 Å². The lowest BCUT2D eigenvalue weighted by molar-refractivity contribution is -0.104. The van der Waals surface area contributed by atoms with Gasteiger partial charge in [-0.25, -0.2) is 0 Å². The second-order valence-electron chi connectivity index (χ2n) is 2.14.